The molecule has 1 aliphatic heterocycles. The van der Waals surface area contributed by atoms with Gasteiger partial charge in [-0.2, -0.15) is 0 Å². The number of benzene rings is 4. The Morgan fingerprint density at radius 2 is 1.76 bits per heavy atom. The molecule has 9 nitrogen and oxygen atoms in total. The highest BCUT2D eigenvalue weighted by Crippen LogP contribution is 2.33. The van der Waals surface area contributed by atoms with Gasteiger partial charge in [-0.15, -0.1) is 0 Å². The fourth-order valence-electron chi connectivity index (χ4n) is 5.55. The predicted octanol–water partition coefficient (Wildman–Crippen LogP) is 6.85. The van der Waals surface area contributed by atoms with E-state index in [0.29, 0.717) is 55.5 Å². The number of thiazole rings is 1. The maximum atomic E-state index is 14.4. The van der Waals surface area contributed by atoms with E-state index in [-0.39, 0.29) is 24.0 Å². The summed E-state index contributed by atoms with van der Waals surface area (Å²) < 4.78 is 20.8. The van der Waals surface area contributed by atoms with E-state index in [0.717, 1.165) is 18.3 Å². The van der Waals surface area contributed by atoms with Crippen molar-refractivity contribution in [3.8, 4) is 11.5 Å². The second kappa shape index (κ2) is 15.7. The minimum absolute atomic E-state index is 0.247. The number of nitrogens with zero attached hydrogens (tertiary/aromatic N) is 2. The van der Waals surface area contributed by atoms with Crippen molar-refractivity contribution in [1.29, 1.82) is 0 Å². The van der Waals surface area contributed by atoms with E-state index in [1.807, 2.05) is 84.9 Å². The van der Waals surface area contributed by atoms with Gasteiger partial charge in [-0.3, -0.25) is 14.2 Å². The zero-order valence-electron chi connectivity index (χ0n) is 27.2. The van der Waals surface area contributed by atoms with Crippen LogP contribution in [0, 0.1) is 7.14 Å². The average molecular weight is 912 g/mol. The molecule has 2 heterocycles. The molecule has 0 bridgehead atoms. The number of amides is 1. The number of methoxy groups -OCH3 is 1. The molecular weight excluding hydrogens is 880 g/mol. The number of halogens is 2. The number of fused-ring (bicyclic) bond motifs is 1. The second-order valence-corrected chi connectivity index (χ2v) is 14.6. The summed E-state index contributed by atoms with van der Waals surface area (Å²) in [5.74, 6) is 0.504. The van der Waals surface area contributed by atoms with E-state index >= 15 is 0 Å². The number of esters is 1. The Bertz CT molecular complexity index is 2300. The van der Waals surface area contributed by atoms with Crippen LogP contribution in [0.5, 0.6) is 11.5 Å². The van der Waals surface area contributed by atoms with E-state index in [4.69, 9.17) is 19.2 Å². The Balaban J connectivity index is 1.41. The first-order valence-corrected chi connectivity index (χ1v) is 18.5. The van der Waals surface area contributed by atoms with Crippen LogP contribution in [0.15, 0.2) is 112 Å². The van der Waals surface area contributed by atoms with E-state index in [1.165, 1.54) is 11.3 Å². The number of hydrogen-bond donors (Lipinski definition) is 1. The molecule has 0 saturated carbocycles. The van der Waals surface area contributed by atoms with Crippen LogP contribution < -0.4 is 29.7 Å². The summed E-state index contributed by atoms with van der Waals surface area (Å²) in [4.78, 5) is 45.6. The number of carbonyl (C=O) groups is 2. The van der Waals surface area contributed by atoms with Crippen LogP contribution in [0.3, 0.4) is 0 Å². The summed E-state index contributed by atoms with van der Waals surface area (Å²) in [6, 6.07) is 26.9. The highest BCUT2D eigenvalue weighted by Gasteiger charge is 2.33. The van der Waals surface area contributed by atoms with E-state index in [9.17, 15) is 14.4 Å². The van der Waals surface area contributed by atoms with Crippen LogP contribution in [0.1, 0.15) is 46.9 Å². The highest BCUT2D eigenvalue weighted by molar-refractivity contribution is 14.1. The van der Waals surface area contributed by atoms with Crippen LogP contribution in [-0.4, -0.2) is 30.2 Å². The number of para-hydroxylation sites is 1. The summed E-state index contributed by atoms with van der Waals surface area (Å²) in [5.41, 5.74) is 4.01. The average Bonchev–Trinajstić information content (AvgIpc) is 3.41. The Morgan fingerprint density at radius 3 is 2.48 bits per heavy atom. The molecule has 0 unspecified atom stereocenters. The van der Waals surface area contributed by atoms with Gasteiger partial charge in [-0.25, -0.2) is 9.79 Å². The quantitative estimate of drug-likeness (QED) is 0.122. The summed E-state index contributed by atoms with van der Waals surface area (Å²) in [7, 11) is 1.58. The van der Waals surface area contributed by atoms with Gasteiger partial charge >= 0.3 is 5.97 Å². The van der Waals surface area contributed by atoms with Crippen molar-refractivity contribution >= 4 is 80.2 Å². The van der Waals surface area contributed by atoms with E-state index in [2.05, 4.69) is 50.5 Å². The normalized spacial score (nSPS) is 14.1. The number of ether oxygens (including phenoxy) is 3. The Kier molecular flexibility index (Phi) is 11.2. The molecule has 0 aliphatic carbocycles. The molecule has 4 aromatic carbocycles. The van der Waals surface area contributed by atoms with E-state index in [1.54, 1.807) is 37.7 Å². The molecule has 6 rings (SSSR count). The molecule has 0 saturated heterocycles. The zero-order chi connectivity index (χ0) is 35.4. The summed E-state index contributed by atoms with van der Waals surface area (Å²) in [6.07, 6.45) is 1.82. The summed E-state index contributed by atoms with van der Waals surface area (Å²) >= 11 is 5.73. The van der Waals surface area contributed by atoms with Crippen molar-refractivity contribution in [2.75, 3.05) is 19.0 Å². The minimum Gasteiger partial charge on any atom is -0.497 e. The monoisotopic (exact) mass is 911 g/mol. The molecular formula is C38H31I2N3O6S. The van der Waals surface area contributed by atoms with Crippen molar-refractivity contribution in [3.05, 3.63) is 151 Å². The molecule has 1 amide bonds. The van der Waals surface area contributed by atoms with Crippen LogP contribution in [0.2, 0.25) is 0 Å². The first-order chi connectivity index (χ1) is 24.2. The van der Waals surface area contributed by atoms with Crippen molar-refractivity contribution in [1.82, 2.24) is 4.57 Å². The van der Waals surface area contributed by atoms with Gasteiger partial charge in [0.05, 0.1) is 44.7 Å². The topological polar surface area (TPSA) is 108 Å². The maximum Gasteiger partial charge on any atom is 0.338 e. The van der Waals surface area contributed by atoms with Gasteiger partial charge in [-0.05, 0) is 125 Å². The number of nitrogens with one attached hydrogen (secondary N) is 1. The molecule has 1 aromatic heterocycles. The first-order valence-electron chi connectivity index (χ1n) is 15.6. The van der Waals surface area contributed by atoms with Gasteiger partial charge in [0.1, 0.15) is 18.1 Å². The Labute approximate surface area is 319 Å². The van der Waals surface area contributed by atoms with Gasteiger partial charge in [0, 0.05) is 14.8 Å². The fourth-order valence-corrected chi connectivity index (χ4v) is 8.63. The predicted molar refractivity (Wildman–Crippen MR) is 210 cm³/mol. The molecule has 0 fully saturated rings. The number of rotatable bonds is 10. The molecule has 50 heavy (non-hydrogen) atoms. The lowest BCUT2D eigenvalue weighted by Gasteiger charge is -2.25. The number of anilines is 1. The third-order valence-corrected chi connectivity index (χ3v) is 10.3. The van der Waals surface area contributed by atoms with Crippen molar-refractivity contribution < 1.29 is 23.8 Å². The number of carbonyl (C=O) groups excluding carboxylic acids is 2. The van der Waals surface area contributed by atoms with Crippen LogP contribution >= 0.6 is 56.5 Å². The van der Waals surface area contributed by atoms with Crippen molar-refractivity contribution in [2.24, 2.45) is 4.99 Å². The van der Waals surface area contributed by atoms with Crippen molar-refractivity contribution in [3.63, 3.8) is 0 Å². The van der Waals surface area contributed by atoms with Crippen LogP contribution in [-0.2, 0) is 16.1 Å². The molecule has 5 aromatic rings. The van der Waals surface area contributed by atoms with Gasteiger partial charge in [0.2, 0.25) is 0 Å². The SMILES string of the molecule is CCOC(=O)c1ccc(COc2c(I)cc(I)cc2/C=c2\sc3n(c2=O)[C@@H](c2cccc(OC)c2)C(C(=O)Nc2ccccc2)=C(C)N=3)cc1. The molecule has 12 heteroatoms. The third-order valence-electron chi connectivity index (χ3n) is 7.88. The standard InChI is InChI=1S/C38H31I2N3O6S/c1-4-48-37(46)24-15-13-23(14-16-24)21-49-34-26(17-27(39)20-30(34)40)19-31-36(45)43-33(25-9-8-12-29(18-25)47-3)32(22(2)41-38(43)50-31)35(44)42-28-10-6-5-7-11-28/h5-20,33H,4,21H2,1-3H3,(H,42,44)/b31-19-/t33-/m0/s1. The lowest BCUT2D eigenvalue weighted by Crippen LogP contribution is -2.40. The smallest absolute Gasteiger partial charge is 0.338 e. The number of hydrogen-bond acceptors (Lipinski definition) is 8. The highest BCUT2D eigenvalue weighted by atomic mass is 127. The first kappa shape index (κ1) is 35.5. The molecule has 1 aliphatic rings. The van der Waals surface area contributed by atoms with Crippen LogP contribution in [0.25, 0.3) is 6.08 Å². The maximum absolute atomic E-state index is 14.4. The van der Waals surface area contributed by atoms with Gasteiger partial charge in [0.25, 0.3) is 11.5 Å². The third kappa shape index (κ3) is 7.71. The fraction of sp³-hybridized carbons (Fsp3) is 0.158. The number of aromatic nitrogens is 1. The molecule has 254 valence electrons. The molecule has 0 radical (unpaired) electrons. The molecule has 0 spiro atoms. The lowest BCUT2D eigenvalue weighted by atomic mass is 9.95. The zero-order valence-corrected chi connectivity index (χ0v) is 32.4. The molecule has 1 atom stereocenters. The lowest BCUT2D eigenvalue weighted by molar-refractivity contribution is -0.113. The van der Waals surface area contributed by atoms with Gasteiger partial charge < -0.3 is 19.5 Å². The summed E-state index contributed by atoms with van der Waals surface area (Å²) in [5, 5.41) is 2.98. The second-order valence-electron chi connectivity index (χ2n) is 11.2. The summed E-state index contributed by atoms with van der Waals surface area (Å²) in [6.45, 7) is 4.11. The Hall–Kier alpha value is -4.28. The number of allylic oxidation sites excluding steroid dienone is 1. The van der Waals surface area contributed by atoms with Crippen LogP contribution in [0.4, 0.5) is 5.69 Å². The van der Waals surface area contributed by atoms with Gasteiger partial charge in [-0.1, -0.05) is 53.8 Å². The molecule has 1 N–H and O–H groups in total. The Morgan fingerprint density at radius 1 is 1.00 bits per heavy atom. The minimum atomic E-state index is -0.753. The van der Waals surface area contributed by atoms with Gasteiger partial charge in [0.15, 0.2) is 4.80 Å². The van der Waals surface area contributed by atoms with Crippen molar-refractivity contribution in [2.45, 2.75) is 26.5 Å². The largest absolute Gasteiger partial charge is 0.497 e. The van der Waals surface area contributed by atoms with E-state index < -0.39 is 6.04 Å².